The first-order valence-corrected chi connectivity index (χ1v) is 9.56. The van der Waals surface area contributed by atoms with Crippen LogP contribution in [0.5, 0.6) is 5.75 Å². The van der Waals surface area contributed by atoms with Crippen LogP contribution in [0.25, 0.3) is 11.0 Å². The Morgan fingerprint density at radius 1 is 1.32 bits per heavy atom. The van der Waals surface area contributed by atoms with Gasteiger partial charge in [-0.15, -0.1) is 5.10 Å². The number of ether oxygens (including phenoxy) is 1. The molecule has 1 aromatic carbocycles. The lowest BCUT2D eigenvalue weighted by Gasteiger charge is -2.32. The van der Waals surface area contributed by atoms with Gasteiger partial charge in [0.15, 0.2) is 0 Å². The number of benzene rings is 1. The second kappa shape index (κ2) is 6.79. The zero-order valence-electron chi connectivity index (χ0n) is 13.9. The fourth-order valence-corrected chi connectivity index (χ4v) is 3.83. The molecule has 5 nitrogen and oxygen atoms in total. The van der Waals surface area contributed by atoms with E-state index in [1.165, 1.54) is 12.8 Å². The SMILES string of the molecule is FC1(F)CCCN(CCOc2ccc3c(nnn3CC3CC3)c2Br)C1. The van der Waals surface area contributed by atoms with Crippen LogP contribution in [0, 0.1) is 5.92 Å². The molecule has 1 aliphatic carbocycles. The molecule has 0 N–H and O–H groups in total. The summed E-state index contributed by atoms with van der Waals surface area (Å²) >= 11 is 3.55. The number of nitrogens with zero attached hydrogens (tertiary/aromatic N) is 4. The summed E-state index contributed by atoms with van der Waals surface area (Å²) < 4.78 is 35.4. The van der Waals surface area contributed by atoms with Gasteiger partial charge in [0.25, 0.3) is 5.92 Å². The summed E-state index contributed by atoms with van der Waals surface area (Å²) in [6, 6.07) is 3.86. The molecular weight excluding hydrogens is 394 g/mol. The van der Waals surface area contributed by atoms with E-state index < -0.39 is 5.92 Å². The number of halogens is 3. The molecule has 0 atom stereocenters. The predicted molar refractivity (Wildman–Crippen MR) is 94.1 cm³/mol. The Morgan fingerprint density at radius 2 is 2.16 bits per heavy atom. The fourth-order valence-electron chi connectivity index (χ4n) is 3.30. The number of likely N-dealkylation sites (tertiary alicyclic amines) is 1. The molecule has 1 saturated heterocycles. The lowest BCUT2D eigenvalue weighted by Crippen LogP contribution is -2.44. The second-order valence-corrected chi connectivity index (χ2v) is 7.84. The van der Waals surface area contributed by atoms with E-state index in [9.17, 15) is 8.78 Å². The second-order valence-electron chi connectivity index (χ2n) is 7.04. The molecule has 4 rings (SSSR count). The highest BCUT2D eigenvalue weighted by Crippen LogP contribution is 2.35. The number of fused-ring (bicyclic) bond motifs is 1. The molecule has 0 amide bonds. The van der Waals surface area contributed by atoms with Gasteiger partial charge < -0.3 is 4.74 Å². The number of rotatable bonds is 6. The average Bonchev–Trinajstić information content (AvgIpc) is 3.28. The van der Waals surface area contributed by atoms with Crippen LogP contribution in [0.4, 0.5) is 8.78 Å². The van der Waals surface area contributed by atoms with E-state index in [1.54, 1.807) is 4.90 Å². The van der Waals surface area contributed by atoms with Crippen LogP contribution < -0.4 is 4.74 Å². The average molecular weight is 415 g/mol. The first kappa shape index (κ1) is 17.1. The first-order valence-electron chi connectivity index (χ1n) is 8.76. The van der Waals surface area contributed by atoms with Crippen LogP contribution in [0.1, 0.15) is 25.7 Å². The van der Waals surface area contributed by atoms with E-state index in [0.29, 0.717) is 31.9 Å². The Balaban J connectivity index is 1.39. The lowest BCUT2D eigenvalue weighted by molar-refractivity contribution is -0.0656. The molecule has 1 aliphatic heterocycles. The van der Waals surface area contributed by atoms with Gasteiger partial charge in [0.2, 0.25) is 0 Å². The highest BCUT2D eigenvalue weighted by Gasteiger charge is 2.34. The van der Waals surface area contributed by atoms with E-state index in [0.717, 1.165) is 28.0 Å². The Labute approximate surface area is 153 Å². The Kier molecular flexibility index (Phi) is 4.66. The summed E-state index contributed by atoms with van der Waals surface area (Å²) in [7, 11) is 0. The van der Waals surface area contributed by atoms with Crippen LogP contribution in [0.15, 0.2) is 16.6 Å². The van der Waals surface area contributed by atoms with Gasteiger partial charge in [-0.05, 0) is 59.8 Å². The van der Waals surface area contributed by atoms with Crippen molar-refractivity contribution in [1.82, 2.24) is 19.9 Å². The van der Waals surface area contributed by atoms with Crippen molar-refractivity contribution < 1.29 is 13.5 Å². The quantitative estimate of drug-likeness (QED) is 0.722. The highest BCUT2D eigenvalue weighted by molar-refractivity contribution is 9.10. The summed E-state index contributed by atoms with van der Waals surface area (Å²) in [4.78, 5) is 1.77. The third kappa shape index (κ3) is 3.95. The van der Waals surface area contributed by atoms with Crippen molar-refractivity contribution >= 4 is 27.0 Å². The third-order valence-corrected chi connectivity index (χ3v) is 5.62. The molecule has 25 heavy (non-hydrogen) atoms. The molecule has 1 saturated carbocycles. The molecule has 8 heteroatoms. The van der Waals surface area contributed by atoms with Crippen LogP contribution in [0.3, 0.4) is 0 Å². The molecule has 2 heterocycles. The Bertz CT molecular complexity index is 762. The van der Waals surface area contributed by atoms with Crippen molar-refractivity contribution in [3.8, 4) is 5.75 Å². The smallest absolute Gasteiger partial charge is 0.260 e. The maximum absolute atomic E-state index is 13.4. The zero-order chi connectivity index (χ0) is 17.4. The first-order chi connectivity index (χ1) is 12.0. The lowest BCUT2D eigenvalue weighted by atomic mass is 10.1. The Hall–Kier alpha value is -1.28. The van der Waals surface area contributed by atoms with Gasteiger partial charge >= 0.3 is 0 Å². The largest absolute Gasteiger partial charge is 0.491 e. The Morgan fingerprint density at radius 3 is 2.92 bits per heavy atom. The monoisotopic (exact) mass is 414 g/mol. The maximum Gasteiger partial charge on any atom is 0.260 e. The van der Waals surface area contributed by atoms with Crippen LogP contribution in [0.2, 0.25) is 0 Å². The van der Waals surface area contributed by atoms with Gasteiger partial charge in [-0.3, -0.25) is 4.90 Å². The number of piperidine rings is 1. The van der Waals surface area contributed by atoms with Crippen molar-refractivity contribution in [2.24, 2.45) is 5.92 Å². The third-order valence-electron chi connectivity index (χ3n) is 4.86. The number of hydrogen-bond acceptors (Lipinski definition) is 4. The summed E-state index contributed by atoms with van der Waals surface area (Å²) in [5, 5.41) is 8.49. The van der Waals surface area contributed by atoms with Crippen molar-refractivity contribution in [3.05, 3.63) is 16.6 Å². The minimum absolute atomic E-state index is 0.0108. The number of alkyl halides is 2. The highest BCUT2D eigenvalue weighted by atomic mass is 79.9. The predicted octanol–water partition coefficient (Wildman–Crippen LogP) is 3.71. The summed E-state index contributed by atoms with van der Waals surface area (Å²) in [5.74, 6) is -1.17. The van der Waals surface area contributed by atoms with E-state index in [2.05, 4.69) is 26.2 Å². The van der Waals surface area contributed by atoms with Crippen molar-refractivity contribution in [1.29, 1.82) is 0 Å². The standard InChI is InChI=1S/C17H21BrF2N4O/c18-15-14(25-9-8-23-7-1-6-17(19,20)11-23)5-4-13-16(15)21-22-24(13)10-12-2-3-12/h4-5,12H,1-3,6-11H2. The fraction of sp³-hybridized carbons (Fsp3) is 0.647. The van der Waals surface area contributed by atoms with Gasteiger partial charge in [0, 0.05) is 19.5 Å². The molecule has 2 fully saturated rings. The van der Waals surface area contributed by atoms with E-state index >= 15 is 0 Å². The molecular formula is C17H21BrF2N4O. The molecule has 1 aromatic heterocycles. The summed E-state index contributed by atoms with van der Waals surface area (Å²) in [5.41, 5.74) is 1.77. The molecule has 2 aromatic rings. The minimum atomic E-state index is -2.57. The molecule has 136 valence electrons. The molecule has 0 radical (unpaired) electrons. The molecule has 0 spiro atoms. The van der Waals surface area contributed by atoms with Crippen LogP contribution in [-0.4, -0.2) is 52.1 Å². The zero-order valence-corrected chi connectivity index (χ0v) is 15.5. The molecule has 2 aliphatic rings. The molecule has 0 unspecified atom stereocenters. The van der Waals surface area contributed by atoms with Gasteiger partial charge in [0.05, 0.1) is 16.5 Å². The maximum atomic E-state index is 13.4. The van der Waals surface area contributed by atoms with Crippen molar-refractivity contribution in [2.75, 3.05) is 26.2 Å². The van der Waals surface area contributed by atoms with Gasteiger partial charge in [-0.1, -0.05) is 5.21 Å². The van der Waals surface area contributed by atoms with Crippen LogP contribution in [-0.2, 0) is 6.54 Å². The molecule has 0 bridgehead atoms. The van der Waals surface area contributed by atoms with Crippen molar-refractivity contribution in [3.63, 3.8) is 0 Å². The normalized spacial score (nSPS) is 20.9. The van der Waals surface area contributed by atoms with E-state index in [1.807, 2.05) is 16.8 Å². The topological polar surface area (TPSA) is 43.2 Å². The number of aromatic nitrogens is 3. The van der Waals surface area contributed by atoms with Gasteiger partial charge in [-0.25, -0.2) is 13.5 Å². The van der Waals surface area contributed by atoms with Crippen LogP contribution >= 0.6 is 15.9 Å². The summed E-state index contributed by atoms with van der Waals surface area (Å²) in [6.07, 6.45) is 3.05. The van der Waals surface area contributed by atoms with E-state index in [-0.39, 0.29) is 13.0 Å². The summed E-state index contributed by atoms with van der Waals surface area (Å²) in [6.45, 7) is 2.30. The van der Waals surface area contributed by atoms with Gasteiger partial charge in [-0.2, -0.15) is 0 Å². The van der Waals surface area contributed by atoms with Crippen molar-refractivity contribution in [2.45, 2.75) is 38.2 Å². The van der Waals surface area contributed by atoms with E-state index in [4.69, 9.17) is 4.74 Å². The van der Waals surface area contributed by atoms with Gasteiger partial charge in [0.1, 0.15) is 17.9 Å². The minimum Gasteiger partial charge on any atom is -0.491 e. The number of hydrogen-bond donors (Lipinski definition) is 0.